The number of benzene rings is 2. The van der Waals surface area contributed by atoms with Gasteiger partial charge in [0.2, 0.25) is 17.7 Å². The van der Waals surface area contributed by atoms with E-state index in [1.807, 2.05) is 6.92 Å². The summed E-state index contributed by atoms with van der Waals surface area (Å²) in [5.41, 5.74) is 1.72. The molecule has 0 aromatic heterocycles. The van der Waals surface area contributed by atoms with Crippen molar-refractivity contribution in [3.63, 3.8) is 0 Å². The maximum absolute atomic E-state index is 12.6. The van der Waals surface area contributed by atoms with Crippen LogP contribution in [-0.2, 0) is 14.4 Å². The number of likely N-dealkylation sites (N-methyl/N-ethyl adjacent to an activating group) is 1. The van der Waals surface area contributed by atoms with Crippen molar-refractivity contribution in [1.29, 1.82) is 0 Å². The first kappa shape index (κ1) is 23.7. The smallest absolute Gasteiger partial charge is 0.241 e. The van der Waals surface area contributed by atoms with Gasteiger partial charge >= 0.3 is 0 Å². The first-order valence-electron chi connectivity index (χ1n) is 9.36. The Morgan fingerprint density at radius 3 is 1.93 bits per heavy atom. The van der Waals surface area contributed by atoms with Gasteiger partial charge in [0, 0.05) is 34.0 Å². The van der Waals surface area contributed by atoms with Gasteiger partial charge in [-0.3, -0.25) is 19.3 Å². The number of carbonyl (C=O) groups is 3. The molecule has 0 saturated heterocycles. The topological polar surface area (TPSA) is 90.5 Å². The van der Waals surface area contributed by atoms with Gasteiger partial charge in [-0.05, 0) is 55.9 Å². The number of amides is 3. The lowest BCUT2D eigenvalue weighted by molar-refractivity contribution is -0.123. The van der Waals surface area contributed by atoms with E-state index in [1.54, 1.807) is 54.3 Å². The second kappa shape index (κ2) is 11.0. The highest BCUT2D eigenvalue weighted by atomic mass is 35.5. The van der Waals surface area contributed by atoms with Gasteiger partial charge in [-0.2, -0.15) is 0 Å². The molecule has 1 unspecified atom stereocenters. The molecule has 3 N–H and O–H groups in total. The van der Waals surface area contributed by atoms with Gasteiger partial charge in [0.15, 0.2) is 0 Å². The summed E-state index contributed by atoms with van der Waals surface area (Å²) in [6.45, 7) is 5.55. The van der Waals surface area contributed by atoms with E-state index >= 15 is 0 Å². The Kier molecular flexibility index (Phi) is 8.65. The summed E-state index contributed by atoms with van der Waals surface area (Å²) in [4.78, 5) is 37.8. The van der Waals surface area contributed by atoms with Crippen LogP contribution < -0.4 is 16.0 Å². The third kappa shape index (κ3) is 7.33. The van der Waals surface area contributed by atoms with Crippen molar-refractivity contribution in [1.82, 2.24) is 4.90 Å². The normalized spacial score (nSPS) is 11.7. The molecule has 30 heavy (non-hydrogen) atoms. The van der Waals surface area contributed by atoms with Gasteiger partial charge in [0.25, 0.3) is 0 Å². The Morgan fingerprint density at radius 1 is 0.900 bits per heavy atom. The van der Waals surface area contributed by atoms with Crippen molar-refractivity contribution in [2.45, 2.75) is 26.8 Å². The van der Waals surface area contributed by atoms with Gasteiger partial charge in [-0.1, -0.05) is 30.1 Å². The van der Waals surface area contributed by atoms with Crippen LogP contribution in [0.5, 0.6) is 0 Å². The monoisotopic (exact) mass is 450 g/mol. The van der Waals surface area contributed by atoms with Crippen molar-refractivity contribution in [2.24, 2.45) is 0 Å². The van der Waals surface area contributed by atoms with Crippen LogP contribution >= 0.6 is 23.2 Å². The SMILES string of the molecule is CCN(CC(=O)Nc1ccc(NC(C)=O)cc1)C(C)C(=O)Nc1cc(Cl)cc(Cl)c1. The molecule has 0 aliphatic heterocycles. The molecule has 0 aliphatic rings. The summed E-state index contributed by atoms with van der Waals surface area (Å²) in [5, 5.41) is 9.05. The molecule has 0 heterocycles. The highest BCUT2D eigenvalue weighted by Gasteiger charge is 2.22. The average Bonchev–Trinajstić information content (AvgIpc) is 2.65. The third-order valence-corrected chi connectivity index (χ3v) is 4.74. The van der Waals surface area contributed by atoms with E-state index in [1.165, 1.54) is 6.92 Å². The van der Waals surface area contributed by atoms with Crippen LogP contribution in [0, 0.1) is 0 Å². The molecule has 3 amide bonds. The van der Waals surface area contributed by atoms with Crippen molar-refractivity contribution < 1.29 is 14.4 Å². The maximum atomic E-state index is 12.6. The second-order valence-corrected chi connectivity index (χ2v) is 7.57. The minimum Gasteiger partial charge on any atom is -0.326 e. The number of anilines is 3. The van der Waals surface area contributed by atoms with Crippen LogP contribution in [0.1, 0.15) is 20.8 Å². The van der Waals surface area contributed by atoms with E-state index < -0.39 is 6.04 Å². The standard InChI is InChI=1S/C21H24Cl2N4O3/c1-4-27(13(2)21(30)26-19-10-15(22)9-16(23)11-19)12-20(29)25-18-7-5-17(6-8-18)24-14(3)28/h5-11,13H,4,12H2,1-3H3,(H,24,28)(H,25,29)(H,26,30). The fourth-order valence-corrected chi connectivity index (χ4v) is 3.31. The van der Waals surface area contributed by atoms with Crippen LogP contribution in [0.25, 0.3) is 0 Å². The molecule has 0 saturated carbocycles. The van der Waals surface area contributed by atoms with Crippen LogP contribution in [0.3, 0.4) is 0 Å². The summed E-state index contributed by atoms with van der Waals surface area (Å²) >= 11 is 11.9. The van der Waals surface area contributed by atoms with Crippen molar-refractivity contribution >= 4 is 58.0 Å². The first-order valence-corrected chi connectivity index (χ1v) is 10.1. The molecule has 0 aliphatic carbocycles. The number of nitrogens with one attached hydrogen (secondary N) is 3. The molecule has 2 aromatic carbocycles. The number of halogens is 2. The van der Waals surface area contributed by atoms with Gasteiger partial charge in [-0.15, -0.1) is 0 Å². The molecule has 2 rings (SSSR count). The van der Waals surface area contributed by atoms with Gasteiger partial charge in [0.05, 0.1) is 12.6 Å². The highest BCUT2D eigenvalue weighted by molar-refractivity contribution is 6.35. The van der Waals surface area contributed by atoms with Crippen LogP contribution in [-0.4, -0.2) is 41.8 Å². The molecule has 0 fully saturated rings. The Labute approximate surface area is 185 Å². The summed E-state index contributed by atoms with van der Waals surface area (Å²) in [6.07, 6.45) is 0. The van der Waals surface area contributed by atoms with Gasteiger partial charge in [-0.25, -0.2) is 0 Å². The highest BCUT2D eigenvalue weighted by Crippen LogP contribution is 2.22. The zero-order valence-electron chi connectivity index (χ0n) is 17.0. The quantitative estimate of drug-likeness (QED) is 0.560. The third-order valence-electron chi connectivity index (χ3n) is 4.30. The lowest BCUT2D eigenvalue weighted by atomic mass is 10.2. The number of hydrogen-bond donors (Lipinski definition) is 3. The lowest BCUT2D eigenvalue weighted by Crippen LogP contribution is -2.45. The largest absolute Gasteiger partial charge is 0.326 e. The molecule has 7 nitrogen and oxygen atoms in total. The fourth-order valence-electron chi connectivity index (χ4n) is 2.79. The van der Waals surface area contributed by atoms with Gasteiger partial charge in [0.1, 0.15) is 0 Å². The van der Waals surface area contributed by atoms with Gasteiger partial charge < -0.3 is 16.0 Å². The predicted molar refractivity (Wildman–Crippen MR) is 121 cm³/mol. The molecule has 9 heteroatoms. The van der Waals surface area contributed by atoms with Crippen molar-refractivity contribution in [3.8, 4) is 0 Å². The van der Waals surface area contributed by atoms with Crippen LogP contribution in [0.15, 0.2) is 42.5 Å². The van der Waals surface area contributed by atoms with Crippen LogP contribution in [0.4, 0.5) is 17.1 Å². The molecule has 1 atom stereocenters. The molecule has 0 spiro atoms. The number of nitrogens with zero attached hydrogens (tertiary/aromatic N) is 1. The molecule has 0 radical (unpaired) electrons. The Bertz CT molecular complexity index is 899. The first-order chi connectivity index (χ1) is 14.2. The molecule has 0 bridgehead atoms. The van der Waals surface area contributed by atoms with E-state index in [0.717, 1.165) is 0 Å². The summed E-state index contributed by atoms with van der Waals surface area (Å²) in [5.74, 6) is -0.699. The predicted octanol–water partition coefficient (Wildman–Crippen LogP) is 4.24. The minimum atomic E-state index is -0.555. The zero-order chi connectivity index (χ0) is 22.3. The van der Waals surface area contributed by atoms with E-state index in [0.29, 0.717) is 33.7 Å². The molecule has 2 aromatic rings. The van der Waals surface area contributed by atoms with Crippen LogP contribution in [0.2, 0.25) is 10.0 Å². The number of rotatable bonds is 8. The van der Waals surface area contributed by atoms with E-state index in [-0.39, 0.29) is 24.3 Å². The van der Waals surface area contributed by atoms with E-state index in [2.05, 4.69) is 16.0 Å². The number of hydrogen-bond acceptors (Lipinski definition) is 4. The van der Waals surface area contributed by atoms with Crippen molar-refractivity contribution in [3.05, 3.63) is 52.5 Å². The second-order valence-electron chi connectivity index (χ2n) is 6.69. The Hall–Kier alpha value is -2.61. The Balaban J connectivity index is 1.94. The summed E-state index contributed by atoms with van der Waals surface area (Å²) in [6, 6.07) is 11.0. The lowest BCUT2D eigenvalue weighted by Gasteiger charge is -2.26. The maximum Gasteiger partial charge on any atom is 0.241 e. The molecular formula is C21H24Cl2N4O3. The number of carbonyl (C=O) groups excluding carboxylic acids is 3. The molecular weight excluding hydrogens is 427 g/mol. The Morgan fingerprint density at radius 2 is 1.43 bits per heavy atom. The zero-order valence-corrected chi connectivity index (χ0v) is 18.5. The average molecular weight is 451 g/mol. The van der Waals surface area contributed by atoms with E-state index in [9.17, 15) is 14.4 Å². The van der Waals surface area contributed by atoms with E-state index in [4.69, 9.17) is 23.2 Å². The minimum absolute atomic E-state index is 0.0365. The summed E-state index contributed by atoms with van der Waals surface area (Å²) < 4.78 is 0. The summed E-state index contributed by atoms with van der Waals surface area (Å²) in [7, 11) is 0. The fraction of sp³-hybridized carbons (Fsp3) is 0.286. The van der Waals surface area contributed by atoms with Crippen molar-refractivity contribution in [2.75, 3.05) is 29.0 Å². The molecule has 160 valence electrons.